The van der Waals surface area contributed by atoms with Gasteiger partial charge in [0.2, 0.25) is 5.82 Å². The maximum Gasteiger partial charge on any atom is 0.307 e. The highest BCUT2D eigenvalue weighted by atomic mass is 19.1. The van der Waals surface area contributed by atoms with Crippen LogP contribution in [0.15, 0.2) is 65.6 Å². The molecule has 0 saturated heterocycles. The van der Waals surface area contributed by atoms with Gasteiger partial charge in [0.15, 0.2) is 0 Å². The van der Waals surface area contributed by atoms with Gasteiger partial charge < -0.3 is 14.6 Å². The van der Waals surface area contributed by atoms with E-state index in [-0.39, 0.29) is 17.3 Å². The van der Waals surface area contributed by atoms with Crippen LogP contribution in [-0.4, -0.2) is 22.3 Å². The Balaban J connectivity index is 1.81. The lowest BCUT2D eigenvalue weighted by atomic mass is 9.99. The number of aromatic nitrogens is 1. The summed E-state index contributed by atoms with van der Waals surface area (Å²) in [4.78, 5) is 14.9. The van der Waals surface area contributed by atoms with Crippen LogP contribution in [0.3, 0.4) is 0 Å². The molecule has 2 heterocycles. The van der Waals surface area contributed by atoms with Gasteiger partial charge in [0.05, 0.1) is 34.5 Å². The average molecular weight is 459 g/mol. The Kier molecular flexibility index (Phi) is 6.15. The molecular weight excluding hydrogens is 437 g/mol. The number of anilines is 1. The summed E-state index contributed by atoms with van der Waals surface area (Å²) < 4.78 is 21.3. The zero-order chi connectivity index (χ0) is 24.4. The van der Waals surface area contributed by atoms with Crippen molar-refractivity contribution in [3.8, 4) is 11.8 Å². The lowest BCUT2D eigenvalue weighted by Crippen LogP contribution is -2.08. The van der Waals surface area contributed by atoms with E-state index in [2.05, 4.69) is 33.6 Å². The number of nitrogens with one attached hydrogen (secondary N) is 1. The number of aliphatic imine (C=N–C) groups is 1. The van der Waals surface area contributed by atoms with Crippen LogP contribution in [0.4, 0.5) is 15.8 Å². The maximum atomic E-state index is 14.0. The second-order valence-electron chi connectivity index (χ2n) is 7.76. The van der Waals surface area contributed by atoms with Crippen LogP contribution in [0.5, 0.6) is 5.75 Å². The number of halogens is 1. The van der Waals surface area contributed by atoms with E-state index < -0.39 is 16.4 Å². The molecule has 0 radical (unpaired) electrons. The monoisotopic (exact) mass is 459 g/mol. The largest absolute Gasteiger partial charge is 0.494 e. The summed E-state index contributed by atoms with van der Waals surface area (Å²) in [7, 11) is 1.32. The Hall–Kier alpha value is -4.45. The number of ether oxygens (including phenoxy) is 1. The van der Waals surface area contributed by atoms with Gasteiger partial charge in [-0.25, -0.2) is 4.99 Å². The summed E-state index contributed by atoms with van der Waals surface area (Å²) in [5.41, 5.74) is 3.34. The first-order chi connectivity index (χ1) is 16.4. The summed E-state index contributed by atoms with van der Waals surface area (Å²) in [6.45, 7) is 6.53. The highest BCUT2D eigenvalue weighted by Gasteiger charge is 2.22. The number of methoxy groups -OCH3 is 1. The van der Waals surface area contributed by atoms with Crippen molar-refractivity contribution in [3.63, 3.8) is 0 Å². The normalized spacial score (nSPS) is 13.5. The van der Waals surface area contributed by atoms with Gasteiger partial charge in [-0.05, 0) is 25.3 Å². The Morgan fingerprint density at radius 1 is 1.44 bits per heavy atom. The van der Waals surface area contributed by atoms with E-state index in [9.17, 15) is 19.8 Å². The van der Waals surface area contributed by atoms with Crippen molar-refractivity contribution in [2.45, 2.75) is 26.3 Å². The van der Waals surface area contributed by atoms with Crippen molar-refractivity contribution in [2.75, 3.05) is 12.4 Å². The highest BCUT2D eigenvalue weighted by molar-refractivity contribution is 6.21. The van der Waals surface area contributed by atoms with Crippen LogP contribution in [0.2, 0.25) is 0 Å². The SMILES string of the molecule is C=C(N=C(/C(C#N)=C\C)c1cn2c3c(cccc13)CCC2)Nc1cc([N+](=O)[O-])c(F)cc1OC. The van der Waals surface area contributed by atoms with Crippen molar-refractivity contribution >= 4 is 28.0 Å². The molecule has 1 aromatic heterocycles. The molecule has 0 amide bonds. The maximum absolute atomic E-state index is 14.0. The number of hydrogen-bond acceptors (Lipinski definition) is 6. The number of nitro groups is 1. The highest BCUT2D eigenvalue weighted by Crippen LogP contribution is 2.34. The first-order valence-electron chi connectivity index (χ1n) is 10.6. The molecule has 8 nitrogen and oxygen atoms in total. The molecule has 0 aliphatic carbocycles. The minimum atomic E-state index is -1.02. The molecule has 172 valence electrons. The molecule has 0 saturated carbocycles. The molecule has 0 spiro atoms. The molecule has 3 aromatic rings. The number of para-hydroxylation sites is 1. The third-order valence-corrected chi connectivity index (χ3v) is 5.74. The molecule has 2 aromatic carbocycles. The molecule has 0 fully saturated rings. The number of hydrogen-bond donors (Lipinski definition) is 1. The van der Waals surface area contributed by atoms with Crippen LogP contribution in [0.25, 0.3) is 10.9 Å². The summed E-state index contributed by atoms with van der Waals surface area (Å²) >= 11 is 0. The predicted octanol–water partition coefficient (Wildman–Crippen LogP) is 5.49. The van der Waals surface area contributed by atoms with Gasteiger partial charge in [0.1, 0.15) is 17.6 Å². The fourth-order valence-corrected chi connectivity index (χ4v) is 4.23. The summed E-state index contributed by atoms with van der Waals surface area (Å²) in [6.07, 6.45) is 5.67. The van der Waals surface area contributed by atoms with Crippen LogP contribution in [0.1, 0.15) is 24.5 Å². The quantitative estimate of drug-likeness (QED) is 0.218. The molecule has 1 aliphatic rings. The standard InChI is InChI=1S/C25H22FN5O3/c1-4-16(13-27)24(19-14-30-10-6-8-17-7-5-9-18(19)25(17)30)29-15(2)28-21-12-22(31(32)33)20(26)11-23(21)34-3/h4-5,7,9,11-12,14,28H,2,6,8,10H2,1,3H3/b16-4-,29-24?. The minimum absolute atomic E-state index is 0.0553. The Bertz CT molecular complexity index is 1430. The summed E-state index contributed by atoms with van der Waals surface area (Å²) in [5, 5.41) is 24.8. The Morgan fingerprint density at radius 2 is 2.24 bits per heavy atom. The molecule has 9 heteroatoms. The molecule has 4 rings (SSSR count). The van der Waals surface area contributed by atoms with Gasteiger partial charge in [-0.2, -0.15) is 9.65 Å². The fraction of sp³-hybridized carbons (Fsp3) is 0.200. The first-order valence-corrected chi connectivity index (χ1v) is 10.6. The molecule has 1 aliphatic heterocycles. The zero-order valence-electron chi connectivity index (χ0n) is 18.8. The molecule has 1 N–H and O–H groups in total. The van der Waals surface area contributed by atoms with Gasteiger partial charge in [0, 0.05) is 35.8 Å². The third kappa shape index (κ3) is 4.01. The molecule has 0 atom stereocenters. The lowest BCUT2D eigenvalue weighted by Gasteiger charge is -2.14. The molecule has 34 heavy (non-hydrogen) atoms. The number of aryl methyl sites for hydroxylation is 2. The van der Waals surface area contributed by atoms with Crippen molar-refractivity contribution in [1.82, 2.24) is 4.57 Å². The second kappa shape index (κ2) is 9.19. The molecular formula is C25H22FN5O3. The molecule has 0 unspecified atom stereocenters. The van der Waals surface area contributed by atoms with Gasteiger partial charge in [0.25, 0.3) is 0 Å². The van der Waals surface area contributed by atoms with Gasteiger partial charge in [-0.1, -0.05) is 30.9 Å². The van der Waals surface area contributed by atoms with E-state index in [1.807, 2.05) is 18.3 Å². The zero-order valence-corrected chi connectivity index (χ0v) is 18.8. The van der Waals surface area contributed by atoms with Crippen molar-refractivity contribution < 1.29 is 14.1 Å². The van der Waals surface area contributed by atoms with Crippen molar-refractivity contribution in [2.24, 2.45) is 4.99 Å². The fourth-order valence-electron chi connectivity index (χ4n) is 4.23. The average Bonchev–Trinajstić information content (AvgIpc) is 3.20. The van der Waals surface area contributed by atoms with Crippen molar-refractivity contribution in [1.29, 1.82) is 5.26 Å². The number of allylic oxidation sites excluding steroid dienone is 2. The van der Waals surface area contributed by atoms with Gasteiger partial charge in [-0.15, -0.1) is 0 Å². The van der Waals surface area contributed by atoms with E-state index in [0.717, 1.165) is 48.0 Å². The lowest BCUT2D eigenvalue weighted by molar-refractivity contribution is -0.387. The summed E-state index contributed by atoms with van der Waals surface area (Å²) in [5.74, 6) is -0.854. The summed E-state index contributed by atoms with van der Waals surface area (Å²) in [6, 6.07) is 10.2. The van der Waals surface area contributed by atoms with Crippen LogP contribution < -0.4 is 10.1 Å². The van der Waals surface area contributed by atoms with E-state index in [4.69, 9.17) is 4.74 Å². The van der Waals surface area contributed by atoms with Gasteiger partial charge in [-0.3, -0.25) is 10.1 Å². The van der Waals surface area contributed by atoms with Crippen LogP contribution in [0, 0.1) is 27.3 Å². The van der Waals surface area contributed by atoms with Crippen LogP contribution >= 0.6 is 0 Å². The minimum Gasteiger partial charge on any atom is -0.494 e. The van der Waals surface area contributed by atoms with E-state index in [1.54, 1.807) is 13.0 Å². The number of benzene rings is 2. The third-order valence-electron chi connectivity index (χ3n) is 5.74. The second-order valence-corrected chi connectivity index (χ2v) is 7.76. The number of nitriles is 1. The van der Waals surface area contributed by atoms with Gasteiger partial charge >= 0.3 is 5.69 Å². The first kappa shape index (κ1) is 22.7. The van der Waals surface area contributed by atoms with E-state index >= 15 is 0 Å². The van der Waals surface area contributed by atoms with E-state index in [1.165, 1.54) is 12.7 Å². The number of rotatable bonds is 7. The molecule has 0 bridgehead atoms. The number of nitrogens with zero attached hydrogens (tertiary/aromatic N) is 4. The van der Waals surface area contributed by atoms with Crippen LogP contribution in [-0.2, 0) is 13.0 Å². The van der Waals surface area contributed by atoms with Crippen molar-refractivity contribution in [3.05, 3.63) is 87.6 Å². The topological polar surface area (TPSA) is 105 Å². The smallest absolute Gasteiger partial charge is 0.307 e. The Labute approximate surface area is 195 Å². The van der Waals surface area contributed by atoms with E-state index in [0.29, 0.717) is 11.3 Å². The Morgan fingerprint density at radius 3 is 2.91 bits per heavy atom. The predicted molar refractivity (Wildman–Crippen MR) is 129 cm³/mol. The number of nitro benzene ring substituents is 1.